The minimum absolute atomic E-state index is 0.0462. The number of pyridine rings is 1. The molecular formula is C16H27N3OS. The summed E-state index contributed by atoms with van der Waals surface area (Å²) in [7, 11) is 0. The molecule has 0 radical (unpaired) electrons. The molecule has 0 aliphatic rings. The maximum absolute atomic E-state index is 12.4. The molecule has 2 N–H and O–H groups in total. The number of nitrogens with zero attached hydrogens (tertiary/aromatic N) is 1. The fourth-order valence-electron chi connectivity index (χ4n) is 1.92. The van der Waals surface area contributed by atoms with Crippen molar-refractivity contribution in [2.45, 2.75) is 46.6 Å². The van der Waals surface area contributed by atoms with Crippen LogP contribution in [-0.4, -0.2) is 35.0 Å². The van der Waals surface area contributed by atoms with Gasteiger partial charge in [-0.3, -0.25) is 9.78 Å². The number of aromatic nitrogens is 1. The number of carbonyl (C=O) groups excluding carboxylic acids is 1. The predicted octanol–water partition coefficient (Wildman–Crippen LogP) is 3.47. The molecule has 21 heavy (non-hydrogen) atoms. The summed E-state index contributed by atoms with van der Waals surface area (Å²) in [6, 6.07) is 2.11. The zero-order valence-corrected chi connectivity index (χ0v) is 14.3. The molecule has 4 nitrogen and oxygen atoms in total. The first kappa shape index (κ1) is 17.8. The van der Waals surface area contributed by atoms with E-state index in [1.807, 2.05) is 24.8 Å². The van der Waals surface area contributed by atoms with E-state index in [1.165, 1.54) is 0 Å². The normalized spacial score (nSPS) is 12.0. The van der Waals surface area contributed by atoms with E-state index in [1.54, 1.807) is 6.20 Å². The molecule has 1 rings (SSSR count). The summed E-state index contributed by atoms with van der Waals surface area (Å²) in [6.07, 6.45) is 3.67. The predicted molar refractivity (Wildman–Crippen MR) is 92.3 cm³/mol. The second-order valence-electron chi connectivity index (χ2n) is 5.16. The Kier molecular flexibility index (Phi) is 8.20. The quantitative estimate of drug-likeness (QED) is 0.686. The van der Waals surface area contributed by atoms with Crippen molar-refractivity contribution in [3.05, 3.63) is 23.5 Å². The zero-order chi connectivity index (χ0) is 15.7. The minimum Gasteiger partial charge on any atom is -0.384 e. The second-order valence-corrected chi connectivity index (χ2v) is 6.55. The summed E-state index contributed by atoms with van der Waals surface area (Å²) >= 11 is 1.90. The Hall–Kier alpha value is -1.23. The van der Waals surface area contributed by atoms with Crippen LogP contribution in [0.5, 0.6) is 0 Å². The summed E-state index contributed by atoms with van der Waals surface area (Å²) in [4.78, 5) is 16.6. The van der Waals surface area contributed by atoms with Gasteiger partial charge < -0.3 is 10.6 Å². The number of rotatable bonds is 9. The van der Waals surface area contributed by atoms with Gasteiger partial charge in [-0.15, -0.1) is 0 Å². The van der Waals surface area contributed by atoms with E-state index in [9.17, 15) is 4.79 Å². The lowest BCUT2D eigenvalue weighted by Crippen LogP contribution is -2.33. The van der Waals surface area contributed by atoms with Gasteiger partial charge in [-0.1, -0.05) is 13.8 Å². The first-order valence-electron chi connectivity index (χ1n) is 7.67. The van der Waals surface area contributed by atoms with Crippen LogP contribution in [0.3, 0.4) is 0 Å². The van der Waals surface area contributed by atoms with Crippen LogP contribution in [0.2, 0.25) is 0 Å². The lowest BCUT2D eigenvalue weighted by molar-refractivity contribution is 0.0940. The lowest BCUT2D eigenvalue weighted by atomic mass is 10.1. The molecule has 0 aromatic carbocycles. The fraction of sp³-hybridized carbons (Fsp3) is 0.625. The first-order valence-corrected chi connectivity index (χ1v) is 8.83. The highest BCUT2D eigenvalue weighted by Crippen LogP contribution is 2.16. The van der Waals surface area contributed by atoms with E-state index >= 15 is 0 Å². The van der Waals surface area contributed by atoms with E-state index in [2.05, 4.69) is 36.4 Å². The van der Waals surface area contributed by atoms with Crippen molar-refractivity contribution in [3.63, 3.8) is 0 Å². The number of aryl methyl sites for hydroxylation is 1. The SMILES string of the molecule is CCCNc1cc(C)ncc1C(=O)NC(C)CCSCC. The van der Waals surface area contributed by atoms with Gasteiger partial charge in [0.1, 0.15) is 0 Å². The van der Waals surface area contributed by atoms with Crippen LogP contribution in [0.15, 0.2) is 12.3 Å². The number of hydrogen-bond acceptors (Lipinski definition) is 4. The van der Waals surface area contributed by atoms with Crippen LogP contribution in [-0.2, 0) is 0 Å². The monoisotopic (exact) mass is 309 g/mol. The molecule has 0 spiro atoms. The van der Waals surface area contributed by atoms with Gasteiger partial charge in [0.25, 0.3) is 5.91 Å². The molecular weight excluding hydrogens is 282 g/mol. The van der Waals surface area contributed by atoms with Crippen molar-refractivity contribution >= 4 is 23.4 Å². The molecule has 0 aliphatic heterocycles. The van der Waals surface area contributed by atoms with Crippen LogP contribution in [0.25, 0.3) is 0 Å². The van der Waals surface area contributed by atoms with E-state index in [0.29, 0.717) is 5.56 Å². The van der Waals surface area contributed by atoms with Crippen molar-refractivity contribution in [2.24, 2.45) is 0 Å². The third-order valence-electron chi connectivity index (χ3n) is 3.13. The highest BCUT2D eigenvalue weighted by atomic mass is 32.2. The summed E-state index contributed by atoms with van der Waals surface area (Å²) in [5.41, 5.74) is 2.42. The molecule has 118 valence electrons. The van der Waals surface area contributed by atoms with Gasteiger partial charge in [-0.2, -0.15) is 11.8 Å². The average molecular weight is 309 g/mol. The average Bonchev–Trinajstić information content (AvgIpc) is 2.45. The van der Waals surface area contributed by atoms with E-state index < -0.39 is 0 Å². The Morgan fingerprint density at radius 2 is 2.19 bits per heavy atom. The molecule has 0 saturated heterocycles. The molecule has 0 fully saturated rings. The molecule has 0 aliphatic carbocycles. The Morgan fingerprint density at radius 1 is 1.43 bits per heavy atom. The van der Waals surface area contributed by atoms with Gasteiger partial charge in [-0.05, 0) is 44.3 Å². The molecule has 0 saturated carbocycles. The second kappa shape index (κ2) is 9.66. The lowest BCUT2D eigenvalue weighted by Gasteiger charge is -2.16. The third-order valence-corrected chi connectivity index (χ3v) is 4.06. The van der Waals surface area contributed by atoms with Crippen molar-refractivity contribution in [3.8, 4) is 0 Å². The number of nitrogens with one attached hydrogen (secondary N) is 2. The topological polar surface area (TPSA) is 54.0 Å². The molecule has 1 amide bonds. The largest absolute Gasteiger partial charge is 0.384 e. The molecule has 1 aromatic rings. The van der Waals surface area contributed by atoms with Crippen LogP contribution in [0, 0.1) is 6.92 Å². The van der Waals surface area contributed by atoms with Gasteiger partial charge in [0.05, 0.1) is 11.3 Å². The number of anilines is 1. The Balaban J connectivity index is 2.67. The molecule has 1 atom stereocenters. The van der Waals surface area contributed by atoms with Crippen LogP contribution < -0.4 is 10.6 Å². The third kappa shape index (κ3) is 6.38. The zero-order valence-electron chi connectivity index (χ0n) is 13.5. The number of hydrogen-bond donors (Lipinski definition) is 2. The van der Waals surface area contributed by atoms with Crippen molar-refractivity contribution in [1.82, 2.24) is 10.3 Å². The Morgan fingerprint density at radius 3 is 2.86 bits per heavy atom. The van der Waals surface area contributed by atoms with Gasteiger partial charge in [0.15, 0.2) is 0 Å². The number of carbonyl (C=O) groups is 1. The number of thioether (sulfide) groups is 1. The number of amides is 1. The summed E-state index contributed by atoms with van der Waals surface area (Å²) < 4.78 is 0. The highest BCUT2D eigenvalue weighted by molar-refractivity contribution is 7.99. The van der Waals surface area contributed by atoms with Gasteiger partial charge >= 0.3 is 0 Å². The summed E-state index contributed by atoms with van der Waals surface area (Å²) in [5, 5.41) is 6.36. The molecule has 1 unspecified atom stereocenters. The van der Waals surface area contributed by atoms with Crippen molar-refractivity contribution in [2.75, 3.05) is 23.4 Å². The van der Waals surface area contributed by atoms with Crippen molar-refractivity contribution in [1.29, 1.82) is 0 Å². The van der Waals surface area contributed by atoms with E-state index in [0.717, 1.165) is 42.3 Å². The molecule has 1 heterocycles. The fourth-order valence-corrected chi connectivity index (χ4v) is 2.73. The van der Waals surface area contributed by atoms with Gasteiger partial charge in [-0.25, -0.2) is 0 Å². The molecule has 0 bridgehead atoms. The first-order chi connectivity index (χ1) is 10.1. The minimum atomic E-state index is -0.0462. The Bertz CT molecular complexity index is 451. The Labute approximate surface area is 132 Å². The molecule has 5 heteroatoms. The standard InChI is InChI=1S/C16H27N3OS/c1-5-8-17-15-10-13(4)18-11-14(15)16(20)19-12(3)7-9-21-6-2/h10-12H,5-9H2,1-4H3,(H,17,18)(H,19,20). The van der Waals surface area contributed by atoms with Crippen LogP contribution >= 0.6 is 11.8 Å². The smallest absolute Gasteiger partial charge is 0.255 e. The maximum atomic E-state index is 12.4. The van der Waals surface area contributed by atoms with Crippen LogP contribution in [0.1, 0.15) is 49.7 Å². The van der Waals surface area contributed by atoms with Gasteiger partial charge in [0, 0.05) is 24.5 Å². The van der Waals surface area contributed by atoms with E-state index in [4.69, 9.17) is 0 Å². The highest BCUT2D eigenvalue weighted by Gasteiger charge is 2.14. The summed E-state index contributed by atoms with van der Waals surface area (Å²) in [6.45, 7) is 9.09. The summed E-state index contributed by atoms with van der Waals surface area (Å²) in [5.74, 6) is 2.15. The molecule has 1 aromatic heterocycles. The van der Waals surface area contributed by atoms with Gasteiger partial charge in [0.2, 0.25) is 0 Å². The maximum Gasteiger partial charge on any atom is 0.255 e. The van der Waals surface area contributed by atoms with Crippen LogP contribution in [0.4, 0.5) is 5.69 Å². The van der Waals surface area contributed by atoms with E-state index in [-0.39, 0.29) is 11.9 Å². The van der Waals surface area contributed by atoms with Crippen molar-refractivity contribution < 1.29 is 4.79 Å².